The number of hydrogen-bond donors (Lipinski definition) is 2. The minimum Gasteiger partial charge on any atom is -0.374 e. The van der Waals surface area contributed by atoms with E-state index in [1.807, 2.05) is 26.0 Å². The van der Waals surface area contributed by atoms with Crippen molar-refractivity contribution < 1.29 is 4.79 Å². The van der Waals surface area contributed by atoms with Gasteiger partial charge in [-0.3, -0.25) is 4.79 Å². The summed E-state index contributed by atoms with van der Waals surface area (Å²) in [6.45, 7) is 6.78. The average molecular weight is 234 g/mol. The van der Waals surface area contributed by atoms with Crippen LogP contribution in [0.4, 0.5) is 5.69 Å². The van der Waals surface area contributed by atoms with Crippen LogP contribution in [0.3, 0.4) is 0 Å². The second kappa shape index (κ2) is 6.94. The van der Waals surface area contributed by atoms with Crippen molar-refractivity contribution in [1.29, 1.82) is 0 Å². The monoisotopic (exact) mass is 234 g/mol. The summed E-state index contributed by atoms with van der Waals surface area (Å²) in [7, 11) is 0. The van der Waals surface area contributed by atoms with E-state index in [0.717, 1.165) is 25.1 Å². The summed E-state index contributed by atoms with van der Waals surface area (Å²) in [5.74, 6) is 0.0476. The SMILES string of the molecule is CCCNC(=O)C(C)Nc1ccc(CC)cc1. The van der Waals surface area contributed by atoms with Crippen LogP contribution in [0.2, 0.25) is 0 Å². The second-order valence-electron chi connectivity index (χ2n) is 4.21. The van der Waals surface area contributed by atoms with Gasteiger partial charge >= 0.3 is 0 Å². The standard InChI is InChI=1S/C14H22N2O/c1-4-10-15-14(17)11(3)16-13-8-6-12(5-2)7-9-13/h6-9,11,16H,4-5,10H2,1-3H3,(H,15,17). The lowest BCUT2D eigenvalue weighted by molar-refractivity contribution is -0.121. The molecular formula is C14H22N2O. The molecule has 0 radical (unpaired) electrons. The van der Waals surface area contributed by atoms with Gasteiger partial charge in [-0.15, -0.1) is 0 Å². The number of carbonyl (C=O) groups is 1. The van der Waals surface area contributed by atoms with Crippen molar-refractivity contribution in [2.45, 2.75) is 39.7 Å². The van der Waals surface area contributed by atoms with Crippen LogP contribution in [-0.4, -0.2) is 18.5 Å². The number of benzene rings is 1. The minimum absolute atomic E-state index is 0.0476. The quantitative estimate of drug-likeness (QED) is 0.794. The van der Waals surface area contributed by atoms with Gasteiger partial charge in [-0.1, -0.05) is 26.0 Å². The smallest absolute Gasteiger partial charge is 0.242 e. The fourth-order valence-corrected chi connectivity index (χ4v) is 1.55. The molecule has 1 amide bonds. The van der Waals surface area contributed by atoms with Crippen LogP contribution in [0.15, 0.2) is 24.3 Å². The van der Waals surface area contributed by atoms with E-state index in [4.69, 9.17) is 0 Å². The number of hydrogen-bond acceptors (Lipinski definition) is 2. The van der Waals surface area contributed by atoms with Crippen LogP contribution in [0, 0.1) is 0 Å². The fraction of sp³-hybridized carbons (Fsp3) is 0.500. The van der Waals surface area contributed by atoms with Crippen LogP contribution < -0.4 is 10.6 Å². The van der Waals surface area contributed by atoms with Gasteiger partial charge in [0.1, 0.15) is 6.04 Å². The van der Waals surface area contributed by atoms with E-state index >= 15 is 0 Å². The predicted octanol–water partition coefficient (Wildman–Crippen LogP) is 2.58. The second-order valence-corrected chi connectivity index (χ2v) is 4.21. The third-order valence-corrected chi connectivity index (χ3v) is 2.69. The molecule has 3 nitrogen and oxygen atoms in total. The highest BCUT2D eigenvalue weighted by molar-refractivity contribution is 5.84. The first-order valence-corrected chi connectivity index (χ1v) is 6.30. The largest absolute Gasteiger partial charge is 0.374 e. The number of amides is 1. The summed E-state index contributed by atoms with van der Waals surface area (Å²) < 4.78 is 0. The summed E-state index contributed by atoms with van der Waals surface area (Å²) in [4.78, 5) is 11.7. The van der Waals surface area contributed by atoms with Gasteiger partial charge in [0, 0.05) is 12.2 Å². The molecule has 0 saturated carbocycles. The van der Waals surface area contributed by atoms with Crippen LogP contribution >= 0.6 is 0 Å². The van der Waals surface area contributed by atoms with E-state index in [0.29, 0.717) is 0 Å². The van der Waals surface area contributed by atoms with Gasteiger partial charge in [0.2, 0.25) is 5.91 Å². The molecule has 3 heteroatoms. The third-order valence-electron chi connectivity index (χ3n) is 2.69. The first-order valence-electron chi connectivity index (χ1n) is 6.30. The normalized spacial score (nSPS) is 11.9. The van der Waals surface area contributed by atoms with E-state index < -0.39 is 0 Å². The van der Waals surface area contributed by atoms with Gasteiger partial charge < -0.3 is 10.6 Å². The Labute approximate surface area is 104 Å². The van der Waals surface area contributed by atoms with Crippen LogP contribution in [0.1, 0.15) is 32.8 Å². The lowest BCUT2D eigenvalue weighted by Crippen LogP contribution is -2.37. The number of aryl methyl sites for hydroxylation is 1. The highest BCUT2D eigenvalue weighted by atomic mass is 16.2. The zero-order chi connectivity index (χ0) is 12.7. The highest BCUT2D eigenvalue weighted by Crippen LogP contribution is 2.11. The van der Waals surface area contributed by atoms with Crippen molar-refractivity contribution in [3.8, 4) is 0 Å². The van der Waals surface area contributed by atoms with E-state index in [9.17, 15) is 4.79 Å². The number of carbonyl (C=O) groups excluding carboxylic acids is 1. The van der Waals surface area contributed by atoms with E-state index in [2.05, 4.69) is 29.7 Å². The highest BCUT2D eigenvalue weighted by Gasteiger charge is 2.10. The molecule has 0 aliphatic rings. The Kier molecular flexibility index (Phi) is 5.53. The Morgan fingerprint density at radius 3 is 2.41 bits per heavy atom. The summed E-state index contributed by atoms with van der Waals surface area (Å²) in [6.07, 6.45) is 2.00. The molecule has 1 unspecified atom stereocenters. The first kappa shape index (κ1) is 13.6. The molecule has 0 heterocycles. The molecular weight excluding hydrogens is 212 g/mol. The molecule has 94 valence electrons. The predicted molar refractivity (Wildman–Crippen MR) is 72.2 cm³/mol. The summed E-state index contributed by atoms with van der Waals surface area (Å²) in [5.41, 5.74) is 2.29. The van der Waals surface area contributed by atoms with Crippen molar-refractivity contribution in [2.24, 2.45) is 0 Å². The molecule has 0 aliphatic heterocycles. The van der Waals surface area contributed by atoms with Crippen molar-refractivity contribution >= 4 is 11.6 Å². The molecule has 17 heavy (non-hydrogen) atoms. The molecule has 2 N–H and O–H groups in total. The summed E-state index contributed by atoms with van der Waals surface area (Å²) >= 11 is 0. The average Bonchev–Trinajstić information content (AvgIpc) is 2.36. The molecule has 1 aromatic rings. The van der Waals surface area contributed by atoms with Crippen LogP contribution in [0.25, 0.3) is 0 Å². The Hall–Kier alpha value is -1.51. The van der Waals surface area contributed by atoms with Gasteiger partial charge in [-0.2, -0.15) is 0 Å². The van der Waals surface area contributed by atoms with Crippen molar-refractivity contribution in [1.82, 2.24) is 5.32 Å². The van der Waals surface area contributed by atoms with Gasteiger partial charge in [0.25, 0.3) is 0 Å². The van der Waals surface area contributed by atoms with E-state index in [1.165, 1.54) is 5.56 Å². The number of anilines is 1. The first-order chi connectivity index (χ1) is 8.17. The minimum atomic E-state index is -0.200. The van der Waals surface area contributed by atoms with Gasteiger partial charge in [0.15, 0.2) is 0 Å². The summed E-state index contributed by atoms with van der Waals surface area (Å²) in [6, 6.07) is 8.00. The number of nitrogens with one attached hydrogen (secondary N) is 2. The lowest BCUT2D eigenvalue weighted by Gasteiger charge is -2.15. The maximum atomic E-state index is 11.7. The van der Waals surface area contributed by atoms with Crippen molar-refractivity contribution in [3.63, 3.8) is 0 Å². The van der Waals surface area contributed by atoms with Gasteiger partial charge in [-0.25, -0.2) is 0 Å². The van der Waals surface area contributed by atoms with E-state index in [-0.39, 0.29) is 11.9 Å². The molecule has 0 bridgehead atoms. The zero-order valence-electron chi connectivity index (χ0n) is 10.9. The zero-order valence-corrected chi connectivity index (χ0v) is 10.9. The Balaban J connectivity index is 2.49. The van der Waals surface area contributed by atoms with Gasteiger partial charge in [-0.05, 0) is 37.5 Å². The van der Waals surface area contributed by atoms with Crippen LogP contribution in [0.5, 0.6) is 0 Å². The Bertz CT molecular complexity index is 346. The molecule has 0 aliphatic carbocycles. The van der Waals surface area contributed by atoms with E-state index in [1.54, 1.807) is 0 Å². The fourth-order valence-electron chi connectivity index (χ4n) is 1.55. The molecule has 0 fully saturated rings. The van der Waals surface area contributed by atoms with Crippen molar-refractivity contribution in [3.05, 3.63) is 29.8 Å². The van der Waals surface area contributed by atoms with Crippen molar-refractivity contribution in [2.75, 3.05) is 11.9 Å². The molecule has 0 aromatic heterocycles. The lowest BCUT2D eigenvalue weighted by atomic mass is 10.1. The Morgan fingerprint density at radius 2 is 1.88 bits per heavy atom. The summed E-state index contributed by atoms with van der Waals surface area (Å²) in [5, 5.41) is 6.06. The topological polar surface area (TPSA) is 41.1 Å². The third kappa shape index (κ3) is 4.47. The molecule has 1 aromatic carbocycles. The molecule has 0 spiro atoms. The number of rotatable bonds is 6. The molecule has 1 rings (SSSR count). The van der Waals surface area contributed by atoms with Crippen LogP contribution in [-0.2, 0) is 11.2 Å². The molecule has 1 atom stereocenters. The molecule has 0 saturated heterocycles. The van der Waals surface area contributed by atoms with Gasteiger partial charge in [0.05, 0.1) is 0 Å². The maximum Gasteiger partial charge on any atom is 0.242 e. The maximum absolute atomic E-state index is 11.7. The Morgan fingerprint density at radius 1 is 1.24 bits per heavy atom.